The second-order valence-electron chi connectivity index (χ2n) is 7.12. The Morgan fingerprint density at radius 2 is 1.33 bits per heavy atom. The van der Waals surface area contributed by atoms with Crippen LogP contribution in [0.1, 0.15) is 91.9 Å². The van der Waals surface area contributed by atoms with Crippen molar-refractivity contribution in [2.75, 3.05) is 11.5 Å². The summed E-state index contributed by atoms with van der Waals surface area (Å²) in [4.78, 5) is 0. The molecule has 0 aliphatic carbocycles. The van der Waals surface area contributed by atoms with Crippen LogP contribution in [0.5, 0.6) is 0 Å². The molecular formula is C19H38S2. The van der Waals surface area contributed by atoms with Crippen LogP contribution in [-0.2, 0) is 0 Å². The molecule has 0 saturated carbocycles. The van der Waals surface area contributed by atoms with Crippen molar-refractivity contribution in [3.05, 3.63) is 12.2 Å². The van der Waals surface area contributed by atoms with Crippen molar-refractivity contribution in [2.45, 2.75) is 91.9 Å². The Kier molecular flexibility index (Phi) is 15.7. The minimum Gasteiger partial charge on any atom is -0.0941 e. The Morgan fingerprint density at radius 1 is 0.714 bits per heavy atom. The van der Waals surface area contributed by atoms with Gasteiger partial charge in [-0.15, -0.1) is 0 Å². The van der Waals surface area contributed by atoms with E-state index in [0.717, 1.165) is 0 Å². The van der Waals surface area contributed by atoms with E-state index in [-0.39, 0.29) is 0 Å². The van der Waals surface area contributed by atoms with E-state index in [9.17, 15) is 0 Å². The second kappa shape index (κ2) is 15.3. The molecule has 0 amide bonds. The molecule has 0 rings (SSSR count). The van der Waals surface area contributed by atoms with Crippen LogP contribution in [0.25, 0.3) is 0 Å². The van der Waals surface area contributed by atoms with Gasteiger partial charge in [0, 0.05) is 11.5 Å². The van der Waals surface area contributed by atoms with Crippen LogP contribution in [-0.4, -0.2) is 11.5 Å². The van der Waals surface area contributed by atoms with E-state index in [2.05, 4.69) is 50.6 Å². The van der Waals surface area contributed by atoms with Crippen molar-refractivity contribution < 1.29 is 0 Å². The number of unbranched alkanes of at least 4 members (excludes halogenated alkanes) is 6. The molecule has 0 aromatic heterocycles. The van der Waals surface area contributed by atoms with Crippen LogP contribution in [0, 0.1) is 5.41 Å². The molecule has 2 heteroatoms. The van der Waals surface area contributed by atoms with Gasteiger partial charge in [-0.1, -0.05) is 93.5 Å². The molecule has 0 aliphatic rings. The van der Waals surface area contributed by atoms with Crippen LogP contribution in [0.3, 0.4) is 0 Å². The monoisotopic (exact) mass is 330 g/mol. The summed E-state index contributed by atoms with van der Waals surface area (Å²) in [7, 11) is 4.10. The summed E-state index contributed by atoms with van der Waals surface area (Å²) in [5.41, 5.74) is 0.504. The first-order valence-electron chi connectivity index (χ1n) is 8.95. The zero-order chi connectivity index (χ0) is 15.8. The highest BCUT2D eigenvalue weighted by Crippen LogP contribution is 2.27. The molecule has 0 saturated heterocycles. The van der Waals surface area contributed by atoms with Gasteiger partial charge in [0.2, 0.25) is 0 Å². The first-order chi connectivity index (χ1) is 10.1. The molecule has 0 fully saturated rings. The maximum Gasteiger partial charge on any atom is 0.00715 e. The molecule has 0 nitrogen and oxygen atoms in total. The second-order valence-corrected chi connectivity index (χ2v) is 9.83. The zero-order valence-corrected chi connectivity index (χ0v) is 16.6. The minimum absolute atomic E-state index is 0.504. The lowest BCUT2D eigenvalue weighted by atomic mass is 9.91. The lowest BCUT2D eigenvalue weighted by Crippen LogP contribution is -2.04. The van der Waals surface area contributed by atoms with Crippen molar-refractivity contribution in [1.29, 1.82) is 0 Å². The molecule has 21 heavy (non-hydrogen) atoms. The molecule has 0 aliphatic heterocycles. The summed E-state index contributed by atoms with van der Waals surface area (Å²) in [6, 6.07) is 0. The average molecular weight is 331 g/mol. The maximum atomic E-state index is 2.39. The number of hydrogen-bond acceptors (Lipinski definition) is 2. The van der Waals surface area contributed by atoms with E-state index < -0.39 is 0 Å². The van der Waals surface area contributed by atoms with Gasteiger partial charge in [-0.25, -0.2) is 0 Å². The van der Waals surface area contributed by atoms with Crippen LogP contribution in [0.15, 0.2) is 12.2 Å². The van der Waals surface area contributed by atoms with E-state index in [1.165, 1.54) is 75.7 Å². The minimum atomic E-state index is 0.504. The maximum absolute atomic E-state index is 2.39. The molecule has 0 aromatic rings. The summed E-state index contributed by atoms with van der Waals surface area (Å²) >= 11 is 0. The summed E-state index contributed by atoms with van der Waals surface area (Å²) in [6.07, 6.45) is 18.4. The summed E-state index contributed by atoms with van der Waals surface area (Å²) in [6.45, 7) is 9.28. The van der Waals surface area contributed by atoms with Gasteiger partial charge in [0.1, 0.15) is 0 Å². The standard InChI is InChI=1S/C19H38S2/c1-5-6-7-8-9-10-11-12-13-14-17-20-21-18-15-16-19(2,3)4/h12-13H,5-11,14-18H2,1-4H3/b13-12-. The fourth-order valence-corrected chi connectivity index (χ4v) is 4.25. The van der Waals surface area contributed by atoms with Crippen molar-refractivity contribution in [3.8, 4) is 0 Å². The number of allylic oxidation sites excluding steroid dienone is 2. The van der Waals surface area contributed by atoms with E-state index in [1.807, 2.05) is 10.8 Å². The van der Waals surface area contributed by atoms with E-state index in [1.54, 1.807) is 0 Å². The largest absolute Gasteiger partial charge is 0.0941 e. The van der Waals surface area contributed by atoms with Gasteiger partial charge < -0.3 is 0 Å². The van der Waals surface area contributed by atoms with Gasteiger partial charge in [-0.3, -0.25) is 0 Å². The highest BCUT2D eigenvalue weighted by molar-refractivity contribution is 8.76. The molecule has 126 valence electrons. The quantitative estimate of drug-likeness (QED) is 0.180. The van der Waals surface area contributed by atoms with Gasteiger partial charge >= 0.3 is 0 Å². The van der Waals surface area contributed by atoms with Crippen LogP contribution >= 0.6 is 21.6 Å². The number of rotatable bonds is 14. The predicted molar refractivity (Wildman–Crippen MR) is 105 cm³/mol. The smallest absolute Gasteiger partial charge is 0.00715 e. The lowest BCUT2D eigenvalue weighted by molar-refractivity contribution is 0.375. The fraction of sp³-hybridized carbons (Fsp3) is 0.895. The van der Waals surface area contributed by atoms with Crippen LogP contribution in [0.2, 0.25) is 0 Å². The Balaban J connectivity index is 3.12. The molecule has 0 bridgehead atoms. The summed E-state index contributed by atoms with van der Waals surface area (Å²) in [5, 5.41) is 0. The summed E-state index contributed by atoms with van der Waals surface area (Å²) in [5.74, 6) is 2.58. The number of hydrogen-bond donors (Lipinski definition) is 0. The van der Waals surface area contributed by atoms with Gasteiger partial charge in [-0.05, 0) is 37.5 Å². The third kappa shape index (κ3) is 20.4. The Hall–Kier alpha value is 0.440. The summed E-state index contributed by atoms with van der Waals surface area (Å²) < 4.78 is 0. The highest BCUT2D eigenvalue weighted by atomic mass is 33.1. The zero-order valence-electron chi connectivity index (χ0n) is 15.0. The molecule has 0 spiro atoms. The first-order valence-corrected chi connectivity index (χ1v) is 11.4. The highest BCUT2D eigenvalue weighted by Gasteiger charge is 2.08. The van der Waals surface area contributed by atoms with Crippen LogP contribution < -0.4 is 0 Å². The Labute approximate surface area is 142 Å². The topological polar surface area (TPSA) is 0 Å². The third-order valence-electron chi connectivity index (χ3n) is 3.50. The van der Waals surface area contributed by atoms with Crippen molar-refractivity contribution in [2.24, 2.45) is 5.41 Å². The van der Waals surface area contributed by atoms with Crippen LogP contribution in [0.4, 0.5) is 0 Å². The third-order valence-corrected chi connectivity index (χ3v) is 6.02. The Morgan fingerprint density at radius 3 is 2.05 bits per heavy atom. The van der Waals surface area contributed by atoms with Crippen molar-refractivity contribution >= 4 is 21.6 Å². The molecule has 0 atom stereocenters. The van der Waals surface area contributed by atoms with E-state index in [4.69, 9.17) is 0 Å². The lowest BCUT2D eigenvalue weighted by Gasteiger charge is -2.17. The SMILES string of the molecule is CCCCCCCC/C=C\CCSSCCCC(C)(C)C. The molecule has 0 aromatic carbocycles. The van der Waals surface area contributed by atoms with Gasteiger partial charge in [-0.2, -0.15) is 0 Å². The normalized spacial score (nSPS) is 12.4. The van der Waals surface area contributed by atoms with E-state index in [0.29, 0.717) is 5.41 Å². The average Bonchev–Trinajstić information content (AvgIpc) is 2.42. The van der Waals surface area contributed by atoms with E-state index >= 15 is 0 Å². The molecular weight excluding hydrogens is 292 g/mol. The molecule has 0 heterocycles. The predicted octanol–water partition coefficient (Wildman–Crippen LogP) is 7.89. The Bertz CT molecular complexity index is 228. The van der Waals surface area contributed by atoms with Gasteiger partial charge in [0.25, 0.3) is 0 Å². The molecule has 0 radical (unpaired) electrons. The first kappa shape index (κ1) is 21.4. The fourth-order valence-electron chi connectivity index (χ4n) is 2.17. The van der Waals surface area contributed by atoms with Crippen molar-refractivity contribution in [1.82, 2.24) is 0 Å². The van der Waals surface area contributed by atoms with Gasteiger partial charge in [0.05, 0.1) is 0 Å². The van der Waals surface area contributed by atoms with Crippen molar-refractivity contribution in [3.63, 3.8) is 0 Å². The van der Waals surface area contributed by atoms with Gasteiger partial charge in [0.15, 0.2) is 0 Å². The molecule has 0 unspecified atom stereocenters. The molecule has 0 N–H and O–H groups in total.